The zero-order valence-electron chi connectivity index (χ0n) is 8.62. The third-order valence-electron chi connectivity index (χ3n) is 2.64. The average molecular weight is 265 g/mol. The molecule has 0 heterocycles. The number of rotatable bonds is 3. The smallest absolute Gasteiger partial charge is 0.174 e. The Morgan fingerprint density at radius 1 is 1.44 bits per heavy atom. The molecule has 0 saturated heterocycles. The summed E-state index contributed by atoms with van der Waals surface area (Å²) in [6.45, 7) is 0. The van der Waals surface area contributed by atoms with Crippen LogP contribution in [0.25, 0.3) is 0 Å². The number of halogens is 3. The summed E-state index contributed by atoms with van der Waals surface area (Å²) >= 11 is 11.8. The van der Waals surface area contributed by atoms with Gasteiger partial charge in [-0.05, 0) is 12.1 Å². The fraction of sp³-hybridized carbons (Fsp3) is 0.455. The van der Waals surface area contributed by atoms with E-state index in [2.05, 4.69) is 0 Å². The van der Waals surface area contributed by atoms with Crippen molar-refractivity contribution in [2.45, 2.75) is 24.0 Å². The predicted molar refractivity (Wildman–Crippen MR) is 60.9 cm³/mol. The summed E-state index contributed by atoms with van der Waals surface area (Å²) in [5.41, 5.74) is 0. The van der Waals surface area contributed by atoms with Gasteiger partial charge in [0.1, 0.15) is 12.2 Å². The third kappa shape index (κ3) is 2.12. The highest BCUT2D eigenvalue weighted by atomic mass is 35.5. The van der Waals surface area contributed by atoms with Gasteiger partial charge in [-0.2, -0.15) is 0 Å². The minimum absolute atomic E-state index is 0.0692. The molecule has 1 aromatic rings. The van der Waals surface area contributed by atoms with Crippen LogP contribution in [0.2, 0.25) is 5.02 Å². The lowest BCUT2D eigenvalue weighted by molar-refractivity contribution is -0.0595. The van der Waals surface area contributed by atoms with E-state index in [1.165, 1.54) is 12.1 Å². The second-order valence-electron chi connectivity index (χ2n) is 3.66. The lowest BCUT2D eigenvalue weighted by atomic mass is 9.91. The first kappa shape index (κ1) is 12.0. The molecule has 5 heteroatoms. The lowest BCUT2D eigenvalue weighted by Gasteiger charge is -2.39. The summed E-state index contributed by atoms with van der Waals surface area (Å²) in [6.07, 6.45) is 0.185. The van der Waals surface area contributed by atoms with Gasteiger partial charge in [0, 0.05) is 13.5 Å². The molecule has 1 saturated carbocycles. The van der Waals surface area contributed by atoms with Gasteiger partial charge in [0.2, 0.25) is 0 Å². The second-order valence-corrected chi connectivity index (χ2v) is 4.63. The minimum atomic E-state index is -0.472. The van der Waals surface area contributed by atoms with Crippen LogP contribution in [0.5, 0.6) is 5.75 Å². The van der Waals surface area contributed by atoms with Crippen LogP contribution in [0.4, 0.5) is 4.39 Å². The molecule has 0 aliphatic heterocycles. The molecular formula is C11H11Cl2FO2. The number of benzene rings is 1. The fourth-order valence-electron chi connectivity index (χ4n) is 1.69. The average Bonchev–Trinajstić information content (AvgIpc) is 2.22. The van der Waals surface area contributed by atoms with Crippen molar-refractivity contribution in [3.05, 3.63) is 29.0 Å². The van der Waals surface area contributed by atoms with Crippen molar-refractivity contribution in [1.29, 1.82) is 0 Å². The SMILES string of the molecule is COC1C(Cl)CC1Oc1c(F)cccc1Cl. The molecule has 0 amide bonds. The van der Waals surface area contributed by atoms with E-state index in [1.54, 1.807) is 13.2 Å². The van der Waals surface area contributed by atoms with Gasteiger partial charge in [0.05, 0.1) is 10.4 Å². The van der Waals surface area contributed by atoms with Crippen LogP contribution in [-0.4, -0.2) is 24.7 Å². The molecule has 1 fully saturated rings. The number of alkyl halides is 1. The van der Waals surface area contributed by atoms with E-state index in [0.29, 0.717) is 6.42 Å². The van der Waals surface area contributed by atoms with Crippen LogP contribution in [0.15, 0.2) is 18.2 Å². The maximum absolute atomic E-state index is 13.4. The molecule has 0 bridgehead atoms. The van der Waals surface area contributed by atoms with Crippen molar-refractivity contribution in [2.24, 2.45) is 0 Å². The maximum Gasteiger partial charge on any atom is 0.174 e. The van der Waals surface area contributed by atoms with Gasteiger partial charge in [-0.15, -0.1) is 11.6 Å². The molecule has 0 aromatic heterocycles. The fourth-order valence-corrected chi connectivity index (χ4v) is 2.34. The van der Waals surface area contributed by atoms with E-state index >= 15 is 0 Å². The van der Waals surface area contributed by atoms with Crippen LogP contribution in [0.1, 0.15) is 6.42 Å². The first-order chi connectivity index (χ1) is 7.63. The van der Waals surface area contributed by atoms with Crippen LogP contribution in [0, 0.1) is 5.82 Å². The Hall–Kier alpha value is -0.510. The quantitative estimate of drug-likeness (QED) is 0.781. The number of methoxy groups -OCH3 is 1. The van der Waals surface area contributed by atoms with E-state index in [-0.39, 0.29) is 28.4 Å². The molecule has 88 valence electrons. The zero-order valence-corrected chi connectivity index (χ0v) is 10.1. The molecule has 0 radical (unpaired) electrons. The minimum Gasteiger partial charge on any atom is -0.483 e. The Morgan fingerprint density at radius 3 is 2.75 bits per heavy atom. The van der Waals surface area contributed by atoms with Crippen LogP contribution < -0.4 is 4.74 Å². The maximum atomic E-state index is 13.4. The predicted octanol–water partition coefficient (Wildman–Crippen LogP) is 3.25. The highest BCUT2D eigenvalue weighted by Crippen LogP contribution is 2.36. The largest absolute Gasteiger partial charge is 0.483 e. The Bertz CT molecular complexity index is 366. The third-order valence-corrected chi connectivity index (χ3v) is 3.36. The molecule has 3 unspecified atom stereocenters. The normalized spacial score (nSPS) is 28.6. The van der Waals surface area contributed by atoms with Crippen LogP contribution in [-0.2, 0) is 4.74 Å². The van der Waals surface area contributed by atoms with Crippen molar-refractivity contribution >= 4 is 23.2 Å². The molecular weight excluding hydrogens is 254 g/mol. The van der Waals surface area contributed by atoms with Crippen molar-refractivity contribution in [2.75, 3.05) is 7.11 Å². The number of hydrogen-bond donors (Lipinski definition) is 0. The zero-order chi connectivity index (χ0) is 11.7. The molecule has 1 aromatic carbocycles. The van der Waals surface area contributed by atoms with Crippen LogP contribution in [0.3, 0.4) is 0 Å². The standard InChI is InChI=1S/C11H11Cl2FO2/c1-15-11-7(13)5-9(11)16-10-6(12)3-2-4-8(10)14/h2-4,7,9,11H,5H2,1H3. The molecule has 0 spiro atoms. The second kappa shape index (κ2) is 4.78. The Balaban J connectivity index is 2.10. The van der Waals surface area contributed by atoms with Crippen molar-refractivity contribution < 1.29 is 13.9 Å². The number of ether oxygens (including phenoxy) is 2. The molecule has 3 atom stereocenters. The Labute approximate surface area is 103 Å². The summed E-state index contributed by atoms with van der Waals surface area (Å²) in [5.74, 6) is -0.403. The van der Waals surface area contributed by atoms with Gasteiger partial charge in [0.15, 0.2) is 11.6 Å². The van der Waals surface area contributed by atoms with E-state index in [0.717, 1.165) is 0 Å². The monoisotopic (exact) mass is 264 g/mol. The summed E-state index contributed by atoms with van der Waals surface area (Å²) in [4.78, 5) is 0. The van der Waals surface area contributed by atoms with E-state index in [4.69, 9.17) is 32.7 Å². The van der Waals surface area contributed by atoms with Crippen molar-refractivity contribution in [3.63, 3.8) is 0 Å². The molecule has 1 aliphatic carbocycles. The molecule has 16 heavy (non-hydrogen) atoms. The van der Waals surface area contributed by atoms with E-state index in [1.807, 2.05) is 0 Å². The molecule has 0 N–H and O–H groups in total. The summed E-state index contributed by atoms with van der Waals surface area (Å²) in [7, 11) is 1.55. The van der Waals surface area contributed by atoms with Gasteiger partial charge < -0.3 is 9.47 Å². The lowest BCUT2D eigenvalue weighted by Crippen LogP contribution is -2.52. The van der Waals surface area contributed by atoms with Gasteiger partial charge in [-0.1, -0.05) is 17.7 Å². The number of hydrogen-bond acceptors (Lipinski definition) is 2. The summed E-state index contributed by atoms with van der Waals surface area (Å²) in [6, 6.07) is 4.42. The van der Waals surface area contributed by atoms with Crippen LogP contribution >= 0.6 is 23.2 Å². The first-order valence-corrected chi connectivity index (χ1v) is 5.72. The topological polar surface area (TPSA) is 18.5 Å². The highest BCUT2D eigenvalue weighted by Gasteiger charge is 2.42. The van der Waals surface area contributed by atoms with Gasteiger partial charge >= 0.3 is 0 Å². The number of para-hydroxylation sites is 1. The molecule has 2 nitrogen and oxygen atoms in total. The van der Waals surface area contributed by atoms with Gasteiger partial charge in [0.25, 0.3) is 0 Å². The van der Waals surface area contributed by atoms with E-state index < -0.39 is 5.82 Å². The first-order valence-electron chi connectivity index (χ1n) is 4.91. The van der Waals surface area contributed by atoms with Crippen molar-refractivity contribution in [3.8, 4) is 5.75 Å². The summed E-state index contributed by atoms with van der Waals surface area (Å²) in [5, 5.41) is 0.174. The highest BCUT2D eigenvalue weighted by molar-refractivity contribution is 6.32. The van der Waals surface area contributed by atoms with Crippen molar-refractivity contribution in [1.82, 2.24) is 0 Å². The summed E-state index contributed by atoms with van der Waals surface area (Å²) < 4.78 is 24.0. The molecule has 1 aliphatic rings. The Morgan fingerprint density at radius 2 is 2.19 bits per heavy atom. The van der Waals surface area contributed by atoms with Gasteiger partial charge in [-0.3, -0.25) is 0 Å². The van der Waals surface area contributed by atoms with Gasteiger partial charge in [-0.25, -0.2) is 4.39 Å². The molecule has 2 rings (SSSR count). The Kier molecular flexibility index (Phi) is 3.57. The van der Waals surface area contributed by atoms with E-state index in [9.17, 15) is 4.39 Å².